The molecule has 0 aromatic heterocycles. The van der Waals surface area contributed by atoms with Crippen molar-refractivity contribution in [2.75, 3.05) is 13.2 Å². The molecule has 0 amide bonds. The summed E-state index contributed by atoms with van der Waals surface area (Å²) in [5.41, 5.74) is 0. The third kappa shape index (κ3) is 4.42. The maximum Gasteiger partial charge on any atom is 0.336 e. The van der Waals surface area contributed by atoms with Gasteiger partial charge in [0.1, 0.15) is 12.4 Å². The van der Waals surface area contributed by atoms with Gasteiger partial charge in [-0.2, -0.15) is 0 Å². The van der Waals surface area contributed by atoms with Crippen molar-refractivity contribution >= 4 is 29.2 Å². The van der Waals surface area contributed by atoms with E-state index in [0.717, 1.165) is 0 Å². The van der Waals surface area contributed by atoms with Crippen molar-refractivity contribution in [3.8, 4) is 5.75 Å². The maximum atomic E-state index is 10.8. The van der Waals surface area contributed by atoms with Gasteiger partial charge in [0.05, 0.1) is 5.02 Å². The summed E-state index contributed by atoms with van der Waals surface area (Å²) < 4.78 is 10.3. The van der Waals surface area contributed by atoms with Gasteiger partial charge in [-0.15, -0.1) is 0 Å². The number of hydrogen-bond donors (Lipinski definition) is 1. The van der Waals surface area contributed by atoms with Crippen LogP contribution < -0.4 is 4.74 Å². The third-order valence-electron chi connectivity index (χ3n) is 1.93. The molecule has 0 heterocycles. The van der Waals surface area contributed by atoms with Crippen molar-refractivity contribution in [3.05, 3.63) is 28.2 Å². The lowest BCUT2D eigenvalue weighted by Gasteiger charge is -2.14. The molecule has 1 aromatic carbocycles. The van der Waals surface area contributed by atoms with Gasteiger partial charge in [-0.25, -0.2) is 4.79 Å². The highest BCUT2D eigenvalue weighted by Gasteiger charge is 2.18. The average molecular weight is 279 g/mol. The largest absolute Gasteiger partial charge is 0.489 e. The number of benzene rings is 1. The Hall–Kier alpha value is -0.970. The summed E-state index contributed by atoms with van der Waals surface area (Å²) in [6.07, 6.45) is -1.01. The molecular weight excluding hydrogens is 267 g/mol. The van der Waals surface area contributed by atoms with Crippen LogP contribution in [0.25, 0.3) is 0 Å². The quantitative estimate of drug-likeness (QED) is 0.869. The van der Waals surface area contributed by atoms with Crippen LogP contribution in [0.3, 0.4) is 0 Å². The Morgan fingerprint density at radius 1 is 1.47 bits per heavy atom. The molecule has 0 fully saturated rings. The van der Waals surface area contributed by atoms with E-state index in [9.17, 15) is 4.79 Å². The Labute approximate surface area is 109 Å². The first-order valence-corrected chi connectivity index (χ1v) is 5.72. The van der Waals surface area contributed by atoms with Crippen LogP contribution in [0.2, 0.25) is 10.0 Å². The predicted molar refractivity (Wildman–Crippen MR) is 65.0 cm³/mol. The fourth-order valence-electron chi connectivity index (χ4n) is 1.15. The van der Waals surface area contributed by atoms with E-state index in [4.69, 9.17) is 37.8 Å². The maximum absolute atomic E-state index is 10.8. The lowest BCUT2D eigenvalue weighted by molar-refractivity contribution is -0.152. The minimum atomic E-state index is -1.07. The Bertz CT molecular complexity index is 395. The molecule has 0 bridgehead atoms. The molecular formula is C11H12Cl2O4. The Balaban J connectivity index is 2.62. The SMILES string of the molecule is CCOC(COc1ccc(Cl)cc1Cl)C(=O)O. The number of hydrogen-bond acceptors (Lipinski definition) is 3. The molecule has 0 spiro atoms. The van der Waals surface area contributed by atoms with E-state index in [1.54, 1.807) is 19.1 Å². The van der Waals surface area contributed by atoms with Crippen molar-refractivity contribution in [2.45, 2.75) is 13.0 Å². The summed E-state index contributed by atoms with van der Waals surface area (Å²) in [4.78, 5) is 10.8. The smallest absolute Gasteiger partial charge is 0.336 e. The van der Waals surface area contributed by atoms with Crippen LogP contribution in [0.5, 0.6) is 5.75 Å². The third-order valence-corrected chi connectivity index (χ3v) is 2.46. The van der Waals surface area contributed by atoms with Gasteiger partial charge in [0.2, 0.25) is 0 Å². The number of carboxylic acids is 1. The first-order chi connectivity index (χ1) is 8.04. The minimum absolute atomic E-state index is 0.107. The molecule has 1 rings (SSSR count). The number of carbonyl (C=O) groups is 1. The zero-order chi connectivity index (χ0) is 12.8. The molecule has 1 aromatic rings. The molecule has 0 radical (unpaired) electrons. The van der Waals surface area contributed by atoms with E-state index in [1.165, 1.54) is 6.07 Å². The second-order valence-corrected chi connectivity index (χ2v) is 4.01. The predicted octanol–water partition coefficient (Wildman–Crippen LogP) is 2.86. The summed E-state index contributed by atoms with van der Waals surface area (Å²) in [5, 5.41) is 9.66. The van der Waals surface area contributed by atoms with Crippen LogP contribution in [-0.2, 0) is 9.53 Å². The second-order valence-electron chi connectivity index (χ2n) is 3.17. The molecule has 1 unspecified atom stereocenters. The molecule has 0 saturated carbocycles. The van der Waals surface area contributed by atoms with Gasteiger partial charge < -0.3 is 14.6 Å². The zero-order valence-electron chi connectivity index (χ0n) is 9.15. The molecule has 0 aliphatic rings. The van der Waals surface area contributed by atoms with E-state index >= 15 is 0 Å². The molecule has 0 aliphatic carbocycles. The van der Waals surface area contributed by atoms with Gasteiger partial charge in [-0.1, -0.05) is 23.2 Å². The van der Waals surface area contributed by atoms with E-state index in [-0.39, 0.29) is 6.61 Å². The van der Waals surface area contributed by atoms with Crippen LogP contribution in [-0.4, -0.2) is 30.4 Å². The number of halogens is 2. The Kier molecular flexibility index (Phi) is 5.55. The highest BCUT2D eigenvalue weighted by atomic mass is 35.5. The van der Waals surface area contributed by atoms with Crippen molar-refractivity contribution < 1.29 is 19.4 Å². The van der Waals surface area contributed by atoms with Crippen molar-refractivity contribution in [1.29, 1.82) is 0 Å². The summed E-state index contributed by atoms with van der Waals surface area (Å²) in [6.45, 7) is 1.91. The topological polar surface area (TPSA) is 55.8 Å². The van der Waals surface area contributed by atoms with E-state index in [0.29, 0.717) is 22.4 Å². The molecule has 94 valence electrons. The summed E-state index contributed by atoms with van der Waals surface area (Å²) in [5.74, 6) is -0.695. The zero-order valence-corrected chi connectivity index (χ0v) is 10.7. The number of carboxylic acid groups (broad SMARTS) is 1. The van der Waals surface area contributed by atoms with Gasteiger partial charge in [-0.05, 0) is 25.1 Å². The highest BCUT2D eigenvalue weighted by molar-refractivity contribution is 6.35. The fraction of sp³-hybridized carbons (Fsp3) is 0.364. The fourth-order valence-corrected chi connectivity index (χ4v) is 1.61. The lowest BCUT2D eigenvalue weighted by atomic mass is 10.3. The number of ether oxygens (including phenoxy) is 2. The first-order valence-electron chi connectivity index (χ1n) is 4.96. The van der Waals surface area contributed by atoms with E-state index in [2.05, 4.69) is 0 Å². The normalized spacial score (nSPS) is 12.2. The Morgan fingerprint density at radius 2 is 2.18 bits per heavy atom. The minimum Gasteiger partial charge on any atom is -0.489 e. The van der Waals surface area contributed by atoms with Crippen molar-refractivity contribution in [2.24, 2.45) is 0 Å². The van der Waals surface area contributed by atoms with Gasteiger partial charge in [0, 0.05) is 11.6 Å². The van der Waals surface area contributed by atoms with E-state index < -0.39 is 12.1 Å². The van der Waals surface area contributed by atoms with Crippen molar-refractivity contribution in [3.63, 3.8) is 0 Å². The van der Waals surface area contributed by atoms with Crippen molar-refractivity contribution in [1.82, 2.24) is 0 Å². The molecule has 1 atom stereocenters. The molecule has 6 heteroatoms. The average Bonchev–Trinajstić information content (AvgIpc) is 2.25. The molecule has 1 N–H and O–H groups in total. The second kappa shape index (κ2) is 6.69. The number of aliphatic carboxylic acids is 1. The standard InChI is InChI=1S/C11H12Cl2O4/c1-2-16-10(11(14)15)6-17-9-4-3-7(12)5-8(9)13/h3-5,10H,2,6H2,1H3,(H,14,15). The van der Waals surface area contributed by atoms with Crippen LogP contribution in [0, 0.1) is 0 Å². The molecule has 17 heavy (non-hydrogen) atoms. The van der Waals surface area contributed by atoms with Crippen LogP contribution in [0.1, 0.15) is 6.92 Å². The molecule has 4 nitrogen and oxygen atoms in total. The molecule has 0 aliphatic heterocycles. The van der Waals surface area contributed by atoms with Gasteiger partial charge in [-0.3, -0.25) is 0 Å². The van der Waals surface area contributed by atoms with Gasteiger partial charge in [0.15, 0.2) is 6.10 Å². The molecule has 0 saturated heterocycles. The first kappa shape index (κ1) is 14.1. The van der Waals surface area contributed by atoms with Gasteiger partial charge in [0.25, 0.3) is 0 Å². The monoisotopic (exact) mass is 278 g/mol. The van der Waals surface area contributed by atoms with Gasteiger partial charge >= 0.3 is 5.97 Å². The lowest BCUT2D eigenvalue weighted by Crippen LogP contribution is -2.30. The number of rotatable bonds is 6. The van der Waals surface area contributed by atoms with Crippen LogP contribution in [0.15, 0.2) is 18.2 Å². The van der Waals surface area contributed by atoms with Crippen LogP contribution >= 0.6 is 23.2 Å². The summed E-state index contributed by atoms with van der Waals surface area (Å²) >= 11 is 11.6. The van der Waals surface area contributed by atoms with Crippen LogP contribution in [0.4, 0.5) is 0 Å². The summed E-state index contributed by atoms with van der Waals surface area (Å²) in [7, 11) is 0. The van der Waals surface area contributed by atoms with E-state index in [1.807, 2.05) is 0 Å². The highest BCUT2D eigenvalue weighted by Crippen LogP contribution is 2.27. The summed E-state index contributed by atoms with van der Waals surface area (Å²) in [6, 6.07) is 4.71. The Morgan fingerprint density at radius 3 is 2.71 bits per heavy atom.